The predicted molar refractivity (Wildman–Crippen MR) is 87.0 cm³/mol. The SMILES string of the molecule is C[C@@H](CO)C(=O)NCCCCNC(=O)C=Cc1ccccc1. The summed E-state index contributed by atoms with van der Waals surface area (Å²) in [5.74, 6) is -0.637. The minimum absolute atomic E-state index is 0.123. The minimum atomic E-state index is -0.372. The third-order valence-electron chi connectivity index (χ3n) is 3.15. The average molecular weight is 304 g/mol. The summed E-state index contributed by atoms with van der Waals surface area (Å²) in [6.45, 7) is 2.66. The summed E-state index contributed by atoms with van der Waals surface area (Å²) < 4.78 is 0. The molecule has 1 rings (SSSR count). The zero-order valence-corrected chi connectivity index (χ0v) is 12.9. The van der Waals surface area contributed by atoms with Gasteiger partial charge in [0.2, 0.25) is 11.8 Å². The topological polar surface area (TPSA) is 78.4 Å². The van der Waals surface area contributed by atoms with E-state index >= 15 is 0 Å². The Hall–Kier alpha value is -2.14. The van der Waals surface area contributed by atoms with Gasteiger partial charge >= 0.3 is 0 Å². The molecule has 0 spiro atoms. The van der Waals surface area contributed by atoms with Gasteiger partial charge in [-0.05, 0) is 24.5 Å². The first-order valence-electron chi connectivity index (χ1n) is 7.53. The first-order chi connectivity index (χ1) is 10.6. The summed E-state index contributed by atoms with van der Waals surface area (Å²) in [5.41, 5.74) is 0.985. The summed E-state index contributed by atoms with van der Waals surface area (Å²) in [4.78, 5) is 23.0. The Morgan fingerprint density at radius 1 is 1.14 bits per heavy atom. The van der Waals surface area contributed by atoms with Gasteiger partial charge in [0.1, 0.15) is 0 Å². The molecule has 0 aliphatic heterocycles. The van der Waals surface area contributed by atoms with Crippen molar-refractivity contribution in [2.75, 3.05) is 19.7 Å². The molecule has 120 valence electrons. The van der Waals surface area contributed by atoms with Crippen molar-refractivity contribution in [3.63, 3.8) is 0 Å². The monoisotopic (exact) mass is 304 g/mol. The van der Waals surface area contributed by atoms with Crippen LogP contribution in [0.3, 0.4) is 0 Å². The molecular formula is C17H24N2O3. The van der Waals surface area contributed by atoms with Crippen LogP contribution < -0.4 is 10.6 Å². The van der Waals surface area contributed by atoms with Gasteiger partial charge < -0.3 is 15.7 Å². The van der Waals surface area contributed by atoms with Gasteiger partial charge in [-0.15, -0.1) is 0 Å². The van der Waals surface area contributed by atoms with Crippen LogP contribution in [-0.4, -0.2) is 36.6 Å². The minimum Gasteiger partial charge on any atom is -0.396 e. The lowest BCUT2D eigenvalue weighted by molar-refractivity contribution is -0.125. The molecule has 0 saturated heterocycles. The van der Waals surface area contributed by atoms with Crippen molar-refractivity contribution in [3.05, 3.63) is 42.0 Å². The van der Waals surface area contributed by atoms with Crippen LogP contribution in [0, 0.1) is 5.92 Å². The van der Waals surface area contributed by atoms with E-state index in [1.165, 1.54) is 6.08 Å². The summed E-state index contributed by atoms with van der Waals surface area (Å²) in [5, 5.41) is 14.4. The quantitative estimate of drug-likeness (QED) is 0.476. The molecule has 0 saturated carbocycles. The van der Waals surface area contributed by atoms with Gasteiger partial charge in [0.25, 0.3) is 0 Å². The summed E-state index contributed by atoms with van der Waals surface area (Å²) >= 11 is 0. The molecule has 5 heteroatoms. The molecule has 0 heterocycles. The molecule has 3 N–H and O–H groups in total. The van der Waals surface area contributed by atoms with Crippen molar-refractivity contribution >= 4 is 17.9 Å². The van der Waals surface area contributed by atoms with E-state index in [4.69, 9.17) is 5.11 Å². The lowest BCUT2D eigenvalue weighted by atomic mass is 10.2. The summed E-state index contributed by atoms with van der Waals surface area (Å²) in [7, 11) is 0. The Kier molecular flexibility index (Phi) is 8.60. The van der Waals surface area contributed by atoms with Crippen LogP contribution in [0.4, 0.5) is 0 Å². The normalized spacial score (nSPS) is 12.1. The molecule has 0 fully saturated rings. The highest BCUT2D eigenvalue weighted by Crippen LogP contribution is 2.00. The second-order valence-corrected chi connectivity index (χ2v) is 5.12. The first kappa shape index (κ1) is 17.9. The van der Waals surface area contributed by atoms with Gasteiger partial charge in [0.05, 0.1) is 12.5 Å². The van der Waals surface area contributed by atoms with E-state index in [2.05, 4.69) is 10.6 Å². The van der Waals surface area contributed by atoms with E-state index in [1.54, 1.807) is 13.0 Å². The third-order valence-corrected chi connectivity index (χ3v) is 3.15. The largest absolute Gasteiger partial charge is 0.396 e. The average Bonchev–Trinajstić information content (AvgIpc) is 2.56. The van der Waals surface area contributed by atoms with Crippen molar-refractivity contribution in [2.24, 2.45) is 5.92 Å². The zero-order chi connectivity index (χ0) is 16.2. The second kappa shape index (κ2) is 10.6. The molecule has 1 aromatic rings. The maximum atomic E-state index is 11.6. The molecule has 5 nitrogen and oxygen atoms in total. The smallest absolute Gasteiger partial charge is 0.243 e. The Bertz CT molecular complexity index is 486. The number of hydrogen-bond acceptors (Lipinski definition) is 3. The van der Waals surface area contributed by atoms with Crippen LogP contribution in [0.5, 0.6) is 0 Å². The fourth-order valence-electron chi connectivity index (χ4n) is 1.73. The molecule has 22 heavy (non-hydrogen) atoms. The van der Waals surface area contributed by atoms with E-state index in [-0.39, 0.29) is 24.3 Å². The number of amides is 2. The number of aliphatic hydroxyl groups excluding tert-OH is 1. The summed E-state index contributed by atoms with van der Waals surface area (Å²) in [6.07, 6.45) is 4.86. The summed E-state index contributed by atoms with van der Waals surface area (Å²) in [6, 6.07) is 9.63. The van der Waals surface area contributed by atoms with E-state index in [1.807, 2.05) is 30.3 Å². The van der Waals surface area contributed by atoms with Crippen LogP contribution in [0.1, 0.15) is 25.3 Å². The zero-order valence-electron chi connectivity index (χ0n) is 12.9. The molecule has 0 aliphatic carbocycles. The molecule has 2 amide bonds. The molecular weight excluding hydrogens is 280 g/mol. The van der Waals surface area contributed by atoms with Gasteiger partial charge in [-0.3, -0.25) is 9.59 Å². The number of hydrogen-bond donors (Lipinski definition) is 3. The van der Waals surface area contributed by atoms with Crippen molar-refractivity contribution in [2.45, 2.75) is 19.8 Å². The Balaban J connectivity index is 2.08. The van der Waals surface area contributed by atoms with E-state index < -0.39 is 0 Å². The lowest BCUT2D eigenvalue weighted by Gasteiger charge is -2.09. The molecule has 1 aromatic carbocycles. The Labute approximate surface area is 131 Å². The fourth-order valence-corrected chi connectivity index (χ4v) is 1.73. The highest BCUT2D eigenvalue weighted by atomic mass is 16.3. The molecule has 0 aromatic heterocycles. The highest BCUT2D eigenvalue weighted by molar-refractivity contribution is 5.91. The Morgan fingerprint density at radius 3 is 2.41 bits per heavy atom. The molecule has 0 bridgehead atoms. The van der Waals surface area contributed by atoms with Crippen LogP contribution in [0.2, 0.25) is 0 Å². The van der Waals surface area contributed by atoms with Gasteiger partial charge in [0, 0.05) is 19.2 Å². The highest BCUT2D eigenvalue weighted by Gasteiger charge is 2.09. The number of carbonyl (C=O) groups is 2. The van der Waals surface area contributed by atoms with Gasteiger partial charge in [-0.25, -0.2) is 0 Å². The van der Waals surface area contributed by atoms with Gasteiger partial charge in [0.15, 0.2) is 0 Å². The second-order valence-electron chi connectivity index (χ2n) is 5.12. The maximum Gasteiger partial charge on any atom is 0.243 e. The Morgan fingerprint density at radius 2 is 1.77 bits per heavy atom. The van der Waals surface area contributed by atoms with E-state index in [0.717, 1.165) is 18.4 Å². The van der Waals surface area contributed by atoms with Crippen molar-refractivity contribution in [1.82, 2.24) is 10.6 Å². The number of rotatable bonds is 9. The number of benzene rings is 1. The van der Waals surface area contributed by atoms with Crippen molar-refractivity contribution in [3.8, 4) is 0 Å². The van der Waals surface area contributed by atoms with Crippen LogP contribution in [0.15, 0.2) is 36.4 Å². The molecule has 1 atom stereocenters. The maximum absolute atomic E-state index is 11.6. The fraction of sp³-hybridized carbons (Fsp3) is 0.412. The third kappa shape index (κ3) is 7.59. The van der Waals surface area contributed by atoms with Crippen molar-refractivity contribution in [1.29, 1.82) is 0 Å². The first-order valence-corrected chi connectivity index (χ1v) is 7.53. The van der Waals surface area contributed by atoms with Crippen LogP contribution >= 0.6 is 0 Å². The number of carbonyl (C=O) groups excluding carboxylic acids is 2. The standard InChI is InChI=1S/C17H24N2O3/c1-14(13-20)17(22)19-12-6-5-11-18-16(21)10-9-15-7-3-2-4-8-15/h2-4,7-10,14,20H,5-6,11-13H2,1H3,(H,18,21)(H,19,22)/t14-/m0/s1. The number of unbranched alkanes of at least 4 members (excludes halogenated alkanes) is 1. The van der Waals surface area contributed by atoms with Crippen LogP contribution in [-0.2, 0) is 9.59 Å². The molecule has 0 aliphatic rings. The van der Waals surface area contributed by atoms with E-state index in [0.29, 0.717) is 13.1 Å². The molecule has 0 unspecified atom stereocenters. The predicted octanol–water partition coefficient (Wildman–Crippen LogP) is 1.34. The van der Waals surface area contributed by atoms with E-state index in [9.17, 15) is 9.59 Å². The molecule has 0 radical (unpaired) electrons. The van der Waals surface area contributed by atoms with Gasteiger partial charge in [-0.2, -0.15) is 0 Å². The number of aliphatic hydroxyl groups is 1. The number of nitrogens with one attached hydrogen (secondary N) is 2. The van der Waals surface area contributed by atoms with Gasteiger partial charge in [-0.1, -0.05) is 37.3 Å². The van der Waals surface area contributed by atoms with Crippen LogP contribution in [0.25, 0.3) is 6.08 Å². The lowest BCUT2D eigenvalue weighted by Crippen LogP contribution is -2.32. The van der Waals surface area contributed by atoms with Crippen molar-refractivity contribution < 1.29 is 14.7 Å².